The molecule has 0 fully saturated rings. The molecular weight excluding hydrogens is 465 g/mol. The predicted molar refractivity (Wildman–Crippen MR) is 115 cm³/mol. The molecule has 3 N–H and O–H groups in total. The Morgan fingerprint density at radius 1 is 1.15 bits per heavy atom. The van der Waals surface area contributed by atoms with Crippen LogP contribution in [0.3, 0.4) is 0 Å². The number of benzene rings is 2. The molecule has 0 aliphatic heterocycles. The molecular formula is C18H19ClIN5O. The van der Waals surface area contributed by atoms with Crippen LogP contribution in [-0.4, -0.2) is 22.6 Å². The first-order valence-corrected chi connectivity index (χ1v) is 8.20. The van der Waals surface area contributed by atoms with Gasteiger partial charge in [0, 0.05) is 22.7 Å². The minimum Gasteiger partial charge on any atom is -0.370 e. The van der Waals surface area contributed by atoms with E-state index in [1.165, 1.54) is 5.56 Å². The van der Waals surface area contributed by atoms with Crippen LogP contribution in [-0.2, 0) is 6.42 Å². The average molecular weight is 484 g/mol. The molecule has 2 aromatic carbocycles. The Morgan fingerprint density at radius 2 is 1.85 bits per heavy atom. The van der Waals surface area contributed by atoms with E-state index in [4.69, 9.17) is 21.9 Å². The molecule has 26 heavy (non-hydrogen) atoms. The number of aliphatic imine (C=N–C) groups is 1. The molecule has 0 bridgehead atoms. The first-order valence-electron chi connectivity index (χ1n) is 7.82. The van der Waals surface area contributed by atoms with Crippen LogP contribution in [0.1, 0.15) is 11.5 Å². The van der Waals surface area contributed by atoms with E-state index in [2.05, 4.69) is 20.4 Å². The monoisotopic (exact) mass is 483 g/mol. The molecule has 3 rings (SSSR count). The van der Waals surface area contributed by atoms with Crippen molar-refractivity contribution in [3.63, 3.8) is 0 Å². The zero-order chi connectivity index (χ0) is 17.6. The number of rotatable bonds is 5. The fraction of sp³-hybridized carbons (Fsp3) is 0.167. The van der Waals surface area contributed by atoms with Gasteiger partial charge in [0.25, 0.3) is 0 Å². The molecule has 6 nitrogen and oxygen atoms in total. The lowest BCUT2D eigenvalue weighted by molar-refractivity contribution is 0.380. The van der Waals surface area contributed by atoms with Crippen molar-refractivity contribution in [2.45, 2.75) is 13.3 Å². The number of aromatic nitrogens is 2. The molecule has 0 radical (unpaired) electrons. The number of halogens is 2. The molecule has 0 aliphatic carbocycles. The highest BCUT2D eigenvalue weighted by Crippen LogP contribution is 2.18. The van der Waals surface area contributed by atoms with Gasteiger partial charge < -0.3 is 15.6 Å². The number of aryl methyl sites for hydroxylation is 1. The Morgan fingerprint density at radius 3 is 2.54 bits per heavy atom. The average Bonchev–Trinajstić information content (AvgIpc) is 3.06. The molecule has 0 unspecified atom stereocenters. The van der Waals surface area contributed by atoms with E-state index in [-0.39, 0.29) is 24.0 Å². The number of anilines is 1. The first kappa shape index (κ1) is 20.2. The second-order valence-corrected chi connectivity index (χ2v) is 5.96. The molecule has 0 aliphatic rings. The van der Waals surface area contributed by atoms with Crippen molar-refractivity contribution < 1.29 is 4.52 Å². The third-order valence-electron chi connectivity index (χ3n) is 3.50. The fourth-order valence-corrected chi connectivity index (χ4v) is 2.29. The summed E-state index contributed by atoms with van der Waals surface area (Å²) in [4.78, 5) is 8.62. The van der Waals surface area contributed by atoms with E-state index in [1.54, 1.807) is 12.1 Å². The highest BCUT2D eigenvalue weighted by molar-refractivity contribution is 14.0. The third-order valence-corrected chi connectivity index (χ3v) is 3.75. The summed E-state index contributed by atoms with van der Waals surface area (Å²) in [6, 6.07) is 15.2. The van der Waals surface area contributed by atoms with Gasteiger partial charge in [0.2, 0.25) is 11.7 Å². The van der Waals surface area contributed by atoms with Gasteiger partial charge in [-0.25, -0.2) is 0 Å². The molecule has 0 saturated heterocycles. The topological polar surface area (TPSA) is 89.3 Å². The summed E-state index contributed by atoms with van der Waals surface area (Å²) >= 11 is 5.87. The van der Waals surface area contributed by atoms with Crippen molar-refractivity contribution in [2.24, 2.45) is 10.7 Å². The Bertz CT molecular complexity index is 862. The normalized spacial score (nSPS) is 11.1. The van der Waals surface area contributed by atoms with Crippen LogP contribution in [0.4, 0.5) is 5.69 Å². The zero-order valence-electron chi connectivity index (χ0n) is 14.1. The third kappa shape index (κ3) is 5.70. The Balaban J connectivity index is 0.00000243. The van der Waals surface area contributed by atoms with Crippen LogP contribution in [0.5, 0.6) is 0 Å². The minimum atomic E-state index is 0. The van der Waals surface area contributed by atoms with E-state index >= 15 is 0 Å². The Kier molecular flexibility index (Phi) is 7.40. The van der Waals surface area contributed by atoms with Crippen molar-refractivity contribution in [1.82, 2.24) is 10.1 Å². The molecule has 0 spiro atoms. The van der Waals surface area contributed by atoms with Gasteiger partial charge in [-0.1, -0.05) is 34.5 Å². The molecule has 8 heteroatoms. The summed E-state index contributed by atoms with van der Waals surface area (Å²) in [6.07, 6.45) is 0.511. The smallest absolute Gasteiger partial charge is 0.228 e. The van der Waals surface area contributed by atoms with Crippen LogP contribution in [0.25, 0.3) is 11.4 Å². The lowest BCUT2D eigenvalue weighted by Crippen LogP contribution is -2.23. The van der Waals surface area contributed by atoms with Crippen molar-refractivity contribution >= 4 is 47.2 Å². The lowest BCUT2D eigenvalue weighted by atomic mass is 10.2. The zero-order valence-corrected chi connectivity index (χ0v) is 17.2. The highest BCUT2D eigenvalue weighted by Gasteiger charge is 2.08. The van der Waals surface area contributed by atoms with Gasteiger partial charge in [-0.15, -0.1) is 24.0 Å². The maximum atomic E-state index is 5.88. The number of guanidine groups is 1. The molecule has 0 saturated carbocycles. The van der Waals surface area contributed by atoms with Crippen LogP contribution >= 0.6 is 35.6 Å². The second-order valence-electron chi connectivity index (χ2n) is 5.53. The van der Waals surface area contributed by atoms with Crippen molar-refractivity contribution in [3.05, 3.63) is 65.0 Å². The highest BCUT2D eigenvalue weighted by atomic mass is 127. The SMILES string of the molecule is Cc1ccc(NC(N)=NCCc2nc(-c3ccc(Cl)cc3)no2)cc1.I. The molecule has 136 valence electrons. The Labute approximate surface area is 173 Å². The van der Waals surface area contributed by atoms with Crippen molar-refractivity contribution in [3.8, 4) is 11.4 Å². The second kappa shape index (κ2) is 9.54. The summed E-state index contributed by atoms with van der Waals surface area (Å²) in [5.74, 6) is 1.39. The predicted octanol–water partition coefficient (Wildman–Crippen LogP) is 4.29. The molecule has 3 aromatic rings. The van der Waals surface area contributed by atoms with E-state index in [9.17, 15) is 0 Å². The molecule has 1 heterocycles. The maximum absolute atomic E-state index is 5.88. The number of nitrogens with two attached hydrogens (primary N) is 1. The first-order chi connectivity index (χ1) is 12.1. The van der Waals surface area contributed by atoms with Gasteiger partial charge in [-0.05, 0) is 43.3 Å². The van der Waals surface area contributed by atoms with Gasteiger partial charge in [0.1, 0.15) is 0 Å². The summed E-state index contributed by atoms with van der Waals surface area (Å²) in [6.45, 7) is 2.48. The van der Waals surface area contributed by atoms with E-state index in [1.807, 2.05) is 43.3 Å². The lowest BCUT2D eigenvalue weighted by Gasteiger charge is -2.05. The Hall–Kier alpha value is -2.13. The van der Waals surface area contributed by atoms with Gasteiger partial charge in [-0.3, -0.25) is 4.99 Å². The van der Waals surface area contributed by atoms with Crippen LogP contribution in [0, 0.1) is 6.92 Å². The largest absolute Gasteiger partial charge is 0.370 e. The van der Waals surface area contributed by atoms with E-state index < -0.39 is 0 Å². The van der Waals surface area contributed by atoms with Gasteiger partial charge in [0.15, 0.2) is 5.96 Å². The standard InChI is InChI=1S/C18H18ClN5O.HI/c1-12-2-8-15(9-3-12)22-18(20)21-11-10-16-23-17(24-25-16)13-4-6-14(19)7-5-13;/h2-9H,10-11H2,1H3,(H3,20,21,22);1H. The summed E-state index contributed by atoms with van der Waals surface area (Å²) in [5.41, 5.74) is 8.82. The maximum Gasteiger partial charge on any atom is 0.228 e. The van der Waals surface area contributed by atoms with Crippen LogP contribution in [0.15, 0.2) is 58.0 Å². The van der Waals surface area contributed by atoms with Crippen molar-refractivity contribution in [2.75, 3.05) is 11.9 Å². The van der Waals surface area contributed by atoms with Crippen molar-refractivity contribution in [1.29, 1.82) is 0 Å². The van der Waals surface area contributed by atoms with Gasteiger partial charge in [0.05, 0.1) is 6.54 Å². The quantitative estimate of drug-likeness (QED) is 0.321. The molecule has 0 atom stereocenters. The number of hydrogen-bond donors (Lipinski definition) is 2. The number of hydrogen-bond acceptors (Lipinski definition) is 4. The summed E-state index contributed by atoms with van der Waals surface area (Å²) < 4.78 is 5.24. The van der Waals surface area contributed by atoms with E-state index in [0.29, 0.717) is 35.7 Å². The summed E-state index contributed by atoms with van der Waals surface area (Å²) in [5, 5.41) is 7.67. The van der Waals surface area contributed by atoms with Crippen LogP contribution in [0.2, 0.25) is 5.02 Å². The molecule has 0 amide bonds. The number of nitrogens with zero attached hydrogens (tertiary/aromatic N) is 3. The number of nitrogens with one attached hydrogen (secondary N) is 1. The van der Waals surface area contributed by atoms with E-state index in [0.717, 1.165) is 11.3 Å². The van der Waals surface area contributed by atoms with Gasteiger partial charge >= 0.3 is 0 Å². The van der Waals surface area contributed by atoms with Crippen LogP contribution < -0.4 is 11.1 Å². The fourth-order valence-electron chi connectivity index (χ4n) is 2.17. The minimum absolute atomic E-state index is 0. The molecule has 1 aromatic heterocycles. The summed E-state index contributed by atoms with van der Waals surface area (Å²) in [7, 11) is 0. The van der Waals surface area contributed by atoms with Gasteiger partial charge in [-0.2, -0.15) is 4.98 Å².